The van der Waals surface area contributed by atoms with E-state index in [0.29, 0.717) is 69.4 Å². The Hall–Kier alpha value is -9.13. The topological polar surface area (TPSA) is 319 Å². The summed E-state index contributed by atoms with van der Waals surface area (Å²) in [6.45, 7) is 21.1. The Labute approximate surface area is 638 Å². The molecule has 1 aliphatic carbocycles. The molecule has 5 aromatic carbocycles. The smallest absolute Gasteiger partial charge is 0.280 e. The van der Waals surface area contributed by atoms with Crippen molar-refractivity contribution in [3.63, 3.8) is 0 Å². The average molecular weight is 1510 g/mol. The van der Waals surface area contributed by atoms with Crippen molar-refractivity contribution in [2.24, 2.45) is 11.3 Å². The van der Waals surface area contributed by atoms with Crippen molar-refractivity contribution in [3.05, 3.63) is 177 Å². The summed E-state index contributed by atoms with van der Waals surface area (Å²) in [6, 6.07) is 34.7. The molecule has 2 bridgehead atoms. The quantitative estimate of drug-likeness (QED) is 0.0104. The lowest BCUT2D eigenvalue weighted by atomic mass is 9.47. The second-order valence-electron chi connectivity index (χ2n) is 33.0. The molecular formula is C83H105N15O9Si2. The number of anilines is 4. The van der Waals surface area contributed by atoms with Crippen LogP contribution in [0.2, 0.25) is 32.2 Å². The second-order valence-corrected chi connectivity index (χ2v) is 41.5. The van der Waals surface area contributed by atoms with Gasteiger partial charge in [-0.2, -0.15) is 10.1 Å². The highest BCUT2D eigenvalue weighted by Crippen LogP contribution is 2.68. The van der Waals surface area contributed by atoms with Gasteiger partial charge in [0, 0.05) is 138 Å². The molecule has 6 aliphatic rings. The van der Waals surface area contributed by atoms with E-state index < -0.39 is 61.8 Å². The van der Waals surface area contributed by atoms with E-state index in [1.54, 1.807) is 31.4 Å². The molecule has 1 saturated carbocycles. The maximum Gasteiger partial charge on any atom is 0.280 e. The van der Waals surface area contributed by atoms with Crippen molar-refractivity contribution in [1.29, 1.82) is 0 Å². The number of nitrogen functional groups attached to an aromatic ring is 1. The van der Waals surface area contributed by atoms with Crippen LogP contribution in [-0.2, 0) is 50.5 Å². The zero-order valence-corrected chi connectivity index (χ0v) is 66.2. The molecule has 4 aromatic heterocycles. The first-order valence-electron chi connectivity index (χ1n) is 39.0. The molecule has 2 saturated heterocycles. The van der Waals surface area contributed by atoms with Crippen molar-refractivity contribution in [3.8, 4) is 5.75 Å². The number of nitrogens with zero attached hydrogens (tertiary/aromatic N) is 8. The number of ketones is 1. The van der Waals surface area contributed by atoms with Crippen LogP contribution in [0.3, 0.4) is 0 Å². The van der Waals surface area contributed by atoms with E-state index in [0.717, 1.165) is 114 Å². The monoisotopic (exact) mass is 1510 g/mol. The zero-order chi connectivity index (χ0) is 76.6. The number of benzene rings is 5. The molecule has 26 heteroatoms. The Bertz CT molecular complexity index is 5050. The molecule has 0 radical (unpaired) electrons. The summed E-state index contributed by atoms with van der Waals surface area (Å²) in [5, 5.41) is 60.0. The van der Waals surface area contributed by atoms with E-state index in [1.807, 2.05) is 25.4 Å². The first kappa shape index (κ1) is 75.3. The van der Waals surface area contributed by atoms with Gasteiger partial charge in [-0.05, 0) is 192 Å². The Kier molecular flexibility index (Phi) is 20.2. The number of para-hydroxylation sites is 1. The number of H-pyrrole nitrogens is 2. The molecule has 109 heavy (non-hydrogen) atoms. The highest BCUT2D eigenvalue weighted by molar-refractivity contribution is 6.92. The Balaban J connectivity index is 0.553. The van der Waals surface area contributed by atoms with Crippen LogP contribution in [-0.4, -0.2) is 184 Å². The van der Waals surface area contributed by atoms with E-state index in [4.69, 9.17) is 19.7 Å². The molecule has 3 fully saturated rings. The van der Waals surface area contributed by atoms with Crippen molar-refractivity contribution in [2.45, 2.75) is 177 Å². The molecule has 10 atom stereocenters. The number of likely N-dealkylation sites (N-methyl/N-ethyl adjacent to an activating group) is 1. The van der Waals surface area contributed by atoms with Crippen molar-refractivity contribution in [1.82, 2.24) is 55.1 Å². The summed E-state index contributed by atoms with van der Waals surface area (Å²) in [6.07, 6.45) is 12.6. The molecule has 1 unspecified atom stereocenters. The van der Waals surface area contributed by atoms with Gasteiger partial charge in [-0.1, -0.05) is 62.4 Å². The molecule has 9 heterocycles. The van der Waals surface area contributed by atoms with Gasteiger partial charge in [-0.3, -0.25) is 38.6 Å². The van der Waals surface area contributed by atoms with Crippen molar-refractivity contribution in [2.75, 3.05) is 81.4 Å². The highest BCUT2D eigenvalue weighted by Gasteiger charge is 2.78. The maximum atomic E-state index is 15.8. The number of aromatic nitrogens is 7. The maximum absolute atomic E-state index is 15.8. The number of piperidine rings is 1. The van der Waals surface area contributed by atoms with E-state index in [1.165, 1.54) is 28.0 Å². The predicted octanol–water partition coefficient (Wildman–Crippen LogP) is 9.29. The number of rotatable bonds is 26. The third-order valence-electron chi connectivity index (χ3n) is 25.3. The van der Waals surface area contributed by atoms with Gasteiger partial charge >= 0.3 is 0 Å². The van der Waals surface area contributed by atoms with Gasteiger partial charge < -0.3 is 61.1 Å². The third-order valence-corrected chi connectivity index (χ3v) is 32.8. The Morgan fingerprint density at radius 1 is 0.844 bits per heavy atom. The summed E-state index contributed by atoms with van der Waals surface area (Å²) >= 11 is 0. The number of methoxy groups -OCH3 is 1. The van der Waals surface area contributed by atoms with Gasteiger partial charge in [-0.25, -0.2) is 9.97 Å². The molecule has 574 valence electrons. The lowest BCUT2D eigenvalue weighted by molar-refractivity contribution is -0.201. The fourth-order valence-electron chi connectivity index (χ4n) is 20.2. The predicted molar refractivity (Wildman–Crippen MR) is 431 cm³/mol. The van der Waals surface area contributed by atoms with Crippen LogP contribution < -0.4 is 47.4 Å². The highest BCUT2D eigenvalue weighted by atomic mass is 28.4. The molecule has 1 spiro atoms. The lowest BCUT2D eigenvalue weighted by Gasteiger charge is -2.63. The fraction of sp³-hybridized carbons (Fsp3) is 0.470. The van der Waals surface area contributed by atoms with Crippen LogP contribution in [0.25, 0.3) is 33.0 Å². The number of amides is 2. The standard InChI is InChI=1S/C83H105N15O9Si2/c1-10-80(104)45-53-44-79(3,71-61(32-38-96(49-53)50-80)60-17-12-13-18-64(60)92-71)63-42-62-66(43-67(63)106-5)95(4)76-82(62)34-39-97-36-15-33-81(11-2,75(82)97)77(103)83(76,105)68(99)31-21-52-20-30-65-55(41-52)46-90-98(65)37-16-40-108(6,7)107-109(8,9)59-28-26-57(27-29-59)88-51-89-69(100)19-14-35-85-73(101)54-22-24-56(25-23-54)86-47-58-48-87-72-70(91-58)74(102)94-78(84)93-72/h12-13,15,17-18,20,22-30,33,41-43,46,48,53,75-77,86,88,92,103-105H,10-11,14,16,19,21,31-32,34-40,44-45,47,49-51H2,1-9H3,(H,85,101)(H,89,100)(H3,84,87,93,94,102)/t53-,75+,76+,77+,79+,80-,81+,82+,83-/m0/s1. The Morgan fingerprint density at radius 2 is 1.62 bits per heavy atom. The molecular weight excluding hydrogens is 1410 g/mol. The normalized spacial score (nSPS) is 25.8. The minimum absolute atomic E-state index is 0.0285. The second kappa shape index (κ2) is 29.3. The van der Waals surface area contributed by atoms with Gasteiger partial charge in [0.15, 0.2) is 30.9 Å². The number of aromatic amines is 2. The van der Waals surface area contributed by atoms with Gasteiger partial charge in [0.05, 0.1) is 55.6 Å². The number of fused-ring (bicyclic) bond motifs is 8. The zero-order valence-electron chi connectivity index (χ0n) is 64.2. The summed E-state index contributed by atoms with van der Waals surface area (Å²) in [5.41, 5.74) is 11.4. The number of aryl methyl sites for hydroxylation is 2. The van der Waals surface area contributed by atoms with E-state index in [2.05, 4.69) is 191 Å². The van der Waals surface area contributed by atoms with Crippen LogP contribution in [0.5, 0.6) is 5.75 Å². The van der Waals surface area contributed by atoms with Crippen LogP contribution >= 0.6 is 0 Å². The number of nitrogens with one attached hydrogen (secondary N) is 6. The summed E-state index contributed by atoms with van der Waals surface area (Å²) in [7, 11) is -0.732. The first-order valence-corrected chi connectivity index (χ1v) is 45.0. The van der Waals surface area contributed by atoms with Gasteiger partial charge in [-0.15, -0.1) is 0 Å². The van der Waals surface area contributed by atoms with Crippen molar-refractivity contribution < 1.29 is 38.6 Å². The first-order chi connectivity index (χ1) is 52.2. The van der Waals surface area contributed by atoms with E-state index in [-0.39, 0.29) is 66.2 Å². The molecule has 15 rings (SSSR count). The summed E-state index contributed by atoms with van der Waals surface area (Å²) in [5.74, 6) is 0.167. The largest absolute Gasteiger partial charge is 0.496 e. The Morgan fingerprint density at radius 3 is 2.40 bits per heavy atom. The number of nitrogens with two attached hydrogens (primary N) is 1. The van der Waals surface area contributed by atoms with E-state index in [9.17, 15) is 29.7 Å². The van der Waals surface area contributed by atoms with Gasteiger partial charge in [0.25, 0.3) is 11.5 Å². The minimum atomic E-state index is -2.33. The van der Waals surface area contributed by atoms with E-state index >= 15 is 4.79 Å². The SMILES string of the molecule is CC[C@]1(O)C[C@H]2CN(CCc3c([nH]c4ccccc34)[C@@](C)(c3cc4c(cc3OC)N(C)[C@H]3[C@@](O)(C(=O)CCc5ccc6c(cnn6CCC[Si](C)(C)O[Si](C)(C)c6ccc(NCNC(=O)CCCNC(=O)c7ccc(NCc8cnc9nc(N)[nH]c(=O)c9n8)cc7)cc6)c5)[C@H](O)[C@]5(CC)C=CCN6CC[C@]43[C@H]65)C2)C1. The number of aliphatic hydroxyl groups is 3. The molecule has 5 aliphatic heterocycles. The van der Waals surface area contributed by atoms with Crippen LogP contribution in [0.4, 0.5) is 23.0 Å². The van der Waals surface area contributed by atoms with Crippen LogP contribution in [0.15, 0.2) is 132 Å². The number of ether oxygens (including phenoxy) is 1. The third kappa shape index (κ3) is 13.7. The van der Waals surface area contributed by atoms with Crippen molar-refractivity contribution >= 4 is 95.4 Å². The fourth-order valence-corrected chi connectivity index (χ4v) is 28.6. The van der Waals surface area contributed by atoms with Gasteiger partial charge in [0.2, 0.25) is 20.2 Å². The summed E-state index contributed by atoms with van der Waals surface area (Å²) < 4.78 is 15.8. The average Bonchev–Trinajstić information content (AvgIpc) is 1.49. The summed E-state index contributed by atoms with van der Waals surface area (Å²) in [4.78, 5) is 79.7. The number of carbonyl (C=O) groups excluding carboxylic acids is 3. The minimum Gasteiger partial charge on any atom is -0.496 e. The van der Waals surface area contributed by atoms with Crippen LogP contribution in [0, 0.1) is 11.3 Å². The van der Waals surface area contributed by atoms with Crippen LogP contribution in [0.1, 0.15) is 123 Å². The number of aliphatic hydroxyl groups excluding tert-OH is 1. The van der Waals surface area contributed by atoms with Gasteiger partial charge in [0.1, 0.15) is 11.9 Å². The lowest BCUT2D eigenvalue weighted by Crippen LogP contribution is -2.80. The molecule has 2 amide bonds. The molecule has 11 N–H and O–H groups in total. The molecule has 9 aromatic rings. The number of hydrogen-bond acceptors (Lipinski definition) is 19. The number of carbonyl (C=O) groups is 3. The number of hydrogen-bond donors (Lipinski definition) is 10. The number of Topliss-reactive ketones (excluding diaryl/α,β-unsaturated/α-hetero) is 1. The molecule has 24 nitrogen and oxygen atoms in total.